The van der Waals surface area contributed by atoms with Crippen LogP contribution >= 0.6 is 0 Å². The smallest absolute Gasteiger partial charge is 0.336 e. The SMILES string of the molecule is CCN(CC)c1ccc([C@@H]2C(C(=O)OCCOc3ccccc3)=C(C)N=C3CC(C)(C)CC(=O)C32)cc1. The van der Waals surface area contributed by atoms with Crippen molar-refractivity contribution in [3.63, 3.8) is 0 Å². The number of rotatable bonds is 9. The van der Waals surface area contributed by atoms with Gasteiger partial charge in [0.1, 0.15) is 24.7 Å². The minimum Gasteiger partial charge on any atom is -0.490 e. The van der Waals surface area contributed by atoms with E-state index >= 15 is 0 Å². The van der Waals surface area contributed by atoms with Gasteiger partial charge in [0.15, 0.2) is 0 Å². The molecule has 2 atom stereocenters. The average Bonchev–Trinajstić information content (AvgIpc) is 2.86. The van der Waals surface area contributed by atoms with Crippen LogP contribution in [0.5, 0.6) is 5.75 Å². The number of ether oxygens (including phenoxy) is 2. The number of carbonyl (C=O) groups is 2. The van der Waals surface area contributed by atoms with Crippen LogP contribution in [0.2, 0.25) is 0 Å². The number of para-hydroxylation sites is 1. The Morgan fingerprint density at radius 1 is 0.973 bits per heavy atom. The van der Waals surface area contributed by atoms with Gasteiger partial charge in [0, 0.05) is 42.5 Å². The Bertz CT molecular complexity index is 1180. The second-order valence-electron chi connectivity index (χ2n) is 10.6. The number of fused-ring (bicyclic) bond motifs is 1. The normalized spacial score (nSPS) is 20.7. The molecule has 4 rings (SSSR count). The number of carbonyl (C=O) groups excluding carboxylic acids is 2. The molecule has 1 heterocycles. The van der Waals surface area contributed by atoms with Gasteiger partial charge in [-0.05, 0) is 62.4 Å². The van der Waals surface area contributed by atoms with Crippen LogP contribution in [0, 0.1) is 11.3 Å². The molecule has 6 heteroatoms. The summed E-state index contributed by atoms with van der Waals surface area (Å²) in [5, 5.41) is 0. The van der Waals surface area contributed by atoms with Gasteiger partial charge in [0.05, 0.1) is 11.5 Å². The highest BCUT2D eigenvalue weighted by Gasteiger charge is 2.47. The van der Waals surface area contributed by atoms with Gasteiger partial charge in [-0.15, -0.1) is 0 Å². The molecule has 6 nitrogen and oxygen atoms in total. The first-order valence-electron chi connectivity index (χ1n) is 13.2. The second-order valence-corrected chi connectivity index (χ2v) is 10.6. The summed E-state index contributed by atoms with van der Waals surface area (Å²) in [5.74, 6) is -0.434. The number of hydrogen-bond donors (Lipinski definition) is 0. The molecule has 0 spiro atoms. The van der Waals surface area contributed by atoms with Crippen LogP contribution < -0.4 is 9.64 Å². The first-order chi connectivity index (χ1) is 17.7. The summed E-state index contributed by atoms with van der Waals surface area (Å²) >= 11 is 0. The molecule has 2 aromatic rings. The highest BCUT2D eigenvalue weighted by molar-refractivity contribution is 6.12. The number of anilines is 1. The van der Waals surface area contributed by atoms with Crippen molar-refractivity contribution in [2.75, 3.05) is 31.2 Å². The third-order valence-corrected chi connectivity index (χ3v) is 7.29. The molecular weight excluding hydrogens is 464 g/mol. The first-order valence-corrected chi connectivity index (χ1v) is 13.2. The van der Waals surface area contributed by atoms with Gasteiger partial charge < -0.3 is 14.4 Å². The fourth-order valence-corrected chi connectivity index (χ4v) is 5.59. The predicted molar refractivity (Wildman–Crippen MR) is 147 cm³/mol. The Balaban J connectivity index is 1.62. The second kappa shape index (κ2) is 11.3. The molecule has 0 amide bonds. The van der Waals surface area contributed by atoms with Crippen molar-refractivity contribution in [2.24, 2.45) is 16.3 Å². The van der Waals surface area contributed by atoms with Gasteiger partial charge in [-0.2, -0.15) is 0 Å². The van der Waals surface area contributed by atoms with E-state index in [1.807, 2.05) is 49.4 Å². The fraction of sp³-hybridized carbons (Fsp3) is 0.452. The number of hydrogen-bond acceptors (Lipinski definition) is 6. The predicted octanol–water partition coefficient (Wildman–Crippen LogP) is 5.97. The van der Waals surface area contributed by atoms with Crippen LogP contribution in [0.15, 0.2) is 70.9 Å². The molecule has 0 saturated heterocycles. The van der Waals surface area contributed by atoms with Crippen molar-refractivity contribution in [3.8, 4) is 5.75 Å². The zero-order chi connectivity index (χ0) is 26.6. The number of allylic oxidation sites excluding steroid dienone is 1. The van der Waals surface area contributed by atoms with Crippen molar-refractivity contribution in [1.29, 1.82) is 0 Å². The van der Waals surface area contributed by atoms with Crippen LogP contribution in [0.4, 0.5) is 5.69 Å². The van der Waals surface area contributed by atoms with Gasteiger partial charge in [0.25, 0.3) is 0 Å². The molecular formula is C31H38N2O4. The van der Waals surface area contributed by atoms with Crippen molar-refractivity contribution in [2.45, 2.75) is 53.4 Å². The Morgan fingerprint density at radius 3 is 2.30 bits per heavy atom. The maximum absolute atomic E-state index is 13.5. The summed E-state index contributed by atoms with van der Waals surface area (Å²) in [6.07, 6.45) is 1.21. The summed E-state index contributed by atoms with van der Waals surface area (Å²) < 4.78 is 11.4. The van der Waals surface area contributed by atoms with E-state index in [2.05, 4.69) is 44.7 Å². The van der Waals surface area contributed by atoms with Gasteiger partial charge in [0.2, 0.25) is 0 Å². The van der Waals surface area contributed by atoms with Gasteiger partial charge in [-0.3, -0.25) is 9.79 Å². The number of benzene rings is 2. The monoisotopic (exact) mass is 502 g/mol. The molecule has 1 fully saturated rings. The summed E-state index contributed by atoms with van der Waals surface area (Å²) in [6, 6.07) is 17.7. The van der Waals surface area contributed by atoms with Crippen LogP contribution in [-0.4, -0.2) is 43.8 Å². The molecule has 2 aromatic carbocycles. The summed E-state index contributed by atoms with van der Waals surface area (Å²) in [4.78, 5) is 34.0. The van der Waals surface area contributed by atoms with Gasteiger partial charge in [-0.25, -0.2) is 4.79 Å². The zero-order valence-corrected chi connectivity index (χ0v) is 22.6. The number of Topliss-reactive ketones (excluding diaryl/α,β-unsaturated/α-hetero) is 1. The van der Waals surface area contributed by atoms with E-state index in [9.17, 15) is 9.59 Å². The highest BCUT2D eigenvalue weighted by atomic mass is 16.6. The van der Waals surface area contributed by atoms with E-state index in [4.69, 9.17) is 14.5 Å². The van der Waals surface area contributed by atoms with Crippen molar-refractivity contribution in [1.82, 2.24) is 0 Å². The Kier molecular flexibility index (Phi) is 8.16. The number of ketones is 1. The molecule has 196 valence electrons. The minimum atomic E-state index is -0.445. The summed E-state index contributed by atoms with van der Waals surface area (Å²) in [6.45, 7) is 12.5. The largest absolute Gasteiger partial charge is 0.490 e. The minimum absolute atomic E-state index is 0.111. The van der Waals surface area contributed by atoms with Crippen LogP contribution in [-0.2, 0) is 14.3 Å². The molecule has 1 unspecified atom stereocenters. The zero-order valence-electron chi connectivity index (χ0n) is 22.6. The summed E-state index contributed by atoms with van der Waals surface area (Å²) in [5.41, 5.74) is 3.89. The third-order valence-electron chi connectivity index (χ3n) is 7.29. The highest BCUT2D eigenvalue weighted by Crippen LogP contribution is 2.47. The lowest BCUT2D eigenvalue weighted by Crippen LogP contribution is -2.44. The summed E-state index contributed by atoms with van der Waals surface area (Å²) in [7, 11) is 0. The van der Waals surface area contributed by atoms with E-state index in [1.165, 1.54) is 0 Å². The van der Waals surface area contributed by atoms with Crippen LogP contribution in [0.25, 0.3) is 0 Å². The molecule has 1 aliphatic heterocycles. The molecule has 0 radical (unpaired) electrons. The molecule has 0 bridgehead atoms. The Hall–Kier alpha value is -3.41. The first kappa shape index (κ1) is 26.6. The lowest BCUT2D eigenvalue weighted by Gasteiger charge is -2.41. The van der Waals surface area contributed by atoms with Crippen molar-refractivity contribution in [3.05, 3.63) is 71.4 Å². The number of esters is 1. The lowest BCUT2D eigenvalue weighted by molar-refractivity contribution is -0.140. The molecule has 0 aromatic heterocycles. The van der Waals surface area contributed by atoms with E-state index in [-0.39, 0.29) is 24.4 Å². The van der Waals surface area contributed by atoms with E-state index in [0.717, 1.165) is 42.2 Å². The van der Waals surface area contributed by atoms with Crippen LogP contribution in [0.3, 0.4) is 0 Å². The third kappa shape index (κ3) is 5.95. The number of nitrogens with zero attached hydrogens (tertiary/aromatic N) is 2. The van der Waals surface area contributed by atoms with E-state index in [0.29, 0.717) is 17.7 Å². The standard InChI is InChI=1S/C31H38N2O4/c1-6-33(7-2)23-15-13-22(14-16-23)28-27(30(35)37-18-17-36-24-11-9-8-10-12-24)21(3)32-25-19-31(4,5)20-26(34)29(25)28/h8-16,28-29H,6-7,17-20H2,1-5H3/t28-,29?/m1/s1. The maximum atomic E-state index is 13.5. The Morgan fingerprint density at radius 2 is 1.65 bits per heavy atom. The van der Waals surface area contributed by atoms with E-state index < -0.39 is 17.8 Å². The molecule has 2 aliphatic rings. The molecule has 0 N–H and O–H groups in total. The van der Waals surface area contributed by atoms with E-state index in [1.54, 1.807) is 0 Å². The molecule has 1 aliphatic carbocycles. The quantitative estimate of drug-likeness (QED) is 0.312. The average molecular weight is 503 g/mol. The van der Waals surface area contributed by atoms with Gasteiger partial charge >= 0.3 is 5.97 Å². The maximum Gasteiger partial charge on any atom is 0.336 e. The molecule has 37 heavy (non-hydrogen) atoms. The Labute approximate surface area is 220 Å². The van der Waals surface area contributed by atoms with Crippen molar-refractivity contribution >= 4 is 23.2 Å². The fourth-order valence-electron chi connectivity index (χ4n) is 5.59. The van der Waals surface area contributed by atoms with Gasteiger partial charge in [-0.1, -0.05) is 44.2 Å². The number of aliphatic imine (C=N–C) groups is 1. The lowest BCUT2D eigenvalue weighted by atomic mass is 9.63. The molecule has 1 saturated carbocycles. The topological polar surface area (TPSA) is 68.2 Å². The van der Waals surface area contributed by atoms with Crippen LogP contribution in [0.1, 0.15) is 58.9 Å². The van der Waals surface area contributed by atoms with Crippen molar-refractivity contribution < 1.29 is 19.1 Å².